The number of thioether (sulfide) groups is 1. The maximum atomic E-state index is 4.57. The highest BCUT2D eigenvalue weighted by Crippen LogP contribution is 2.36. The monoisotopic (exact) mass is 258 g/mol. The maximum Gasteiger partial charge on any atom is 0.0749 e. The molecule has 3 rings (SSSR count). The van der Waals surface area contributed by atoms with Crippen LogP contribution >= 0.6 is 11.8 Å². The number of para-hydroxylation sites is 1. The quantitative estimate of drug-likeness (QED) is 0.915. The molecular formula is C15H18N2S. The van der Waals surface area contributed by atoms with E-state index in [9.17, 15) is 0 Å². The number of nitrogens with one attached hydrogen (secondary N) is 1. The van der Waals surface area contributed by atoms with Crippen LogP contribution in [0.25, 0.3) is 10.9 Å². The Hall–Kier alpha value is -1.06. The summed E-state index contributed by atoms with van der Waals surface area (Å²) in [5.74, 6) is 3.28. The Bertz CT molecular complexity index is 530. The third-order valence-electron chi connectivity index (χ3n) is 3.75. The number of nitrogens with zero attached hydrogens (tertiary/aromatic N) is 1. The SMILES string of the molecule is CNC(c1cccc2cccnc12)C1CCSC1. The van der Waals surface area contributed by atoms with Crippen molar-refractivity contribution in [2.75, 3.05) is 18.6 Å². The number of benzene rings is 1. The highest BCUT2D eigenvalue weighted by atomic mass is 32.2. The van der Waals surface area contributed by atoms with Gasteiger partial charge < -0.3 is 5.32 Å². The third-order valence-corrected chi connectivity index (χ3v) is 4.93. The normalized spacial score (nSPS) is 21.3. The molecule has 0 bridgehead atoms. The lowest BCUT2D eigenvalue weighted by molar-refractivity contribution is 0.422. The largest absolute Gasteiger partial charge is 0.313 e. The van der Waals surface area contributed by atoms with Crippen molar-refractivity contribution in [3.05, 3.63) is 42.1 Å². The van der Waals surface area contributed by atoms with Gasteiger partial charge in [0.1, 0.15) is 0 Å². The van der Waals surface area contributed by atoms with E-state index in [1.807, 2.05) is 12.3 Å². The number of hydrogen-bond donors (Lipinski definition) is 1. The second-order valence-corrected chi connectivity index (χ2v) is 5.96. The van der Waals surface area contributed by atoms with Crippen molar-refractivity contribution >= 4 is 22.7 Å². The minimum Gasteiger partial charge on any atom is -0.313 e. The molecule has 0 amide bonds. The van der Waals surface area contributed by atoms with Crippen LogP contribution in [0.5, 0.6) is 0 Å². The van der Waals surface area contributed by atoms with Crippen molar-refractivity contribution in [2.24, 2.45) is 5.92 Å². The Morgan fingerprint density at radius 1 is 1.33 bits per heavy atom. The van der Waals surface area contributed by atoms with Gasteiger partial charge in [-0.15, -0.1) is 0 Å². The Morgan fingerprint density at radius 2 is 2.22 bits per heavy atom. The third kappa shape index (κ3) is 2.13. The van der Waals surface area contributed by atoms with Crippen LogP contribution in [-0.4, -0.2) is 23.5 Å². The van der Waals surface area contributed by atoms with E-state index in [-0.39, 0.29) is 0 Å². The molecule has 2 heterocycles. The molecule has 2 unspecified atom stereocenters. The smallest absolute Gasteiger partial charge is 0.0749 e. The minimum atomic E-state index is 0.429. The van der Waals surface area contributed by atoms with Crippen LogP contribution in [0.3, 0.4) is 0 Å². The van der Waals surface area contributed by atoms with Crippen LogP contribution in [0.4, 0.5) is 0 Å². The molecule has 1 saturated heterocycles. The number of rotatable bonds is 3. The number of hydrogen-bond acceptors (Lipinski definition) is 3. The Balaban J connectivity index is 2.06. The average Bonchev–Trinajstić information content (AvgIpc) is 2.94. The highest BCUT2D eigenvalue weighted by Gasteiger charge is 2.26. The molecule has 0 radical (unpaired) electrons. The van der Waals surface area contributed by atoms with E-state index in [2.05, 4.69) is 53.4 Å². The average molecular weight is 258 g/mol. The zero-order valence-electron chi connectivity index (χ0n) is 10.6. The number of aromatic nitrogens is 1. The van der Waals surface area contributed by atoms with E-state index in [0.29, 0.717) is 6.04 Å². The second-order valence-electron chi connectivity index (χ2n) is 4.81. The first-order valence-electron chi connectivity index (χ1n) is 6.49. The molecule has 2 atom stereocenters. The molecule has 1 aliphatic heterocycles. The summed E-state index contributed by atoms with van der Waals surface area (Å²) in [5.41, 5.74) is 2.50. The van der Waals surface area contributed by atoms with Gasteiger partial charge in [0.05, 0.1) is 5.52 Å². The van der Waals surface area contributed by atoms with Gasteiger partial charge in [0.15, 0.2) is 0 Å². The van der Waals surface area contributed by atoms with Crippen molar-refractivity contribution in [1.82, 2.24) is 10.3 Å². The maximum absolute atomic E-state index is 4.57. The van der Waals surface area contributed by atoms with Crippen molar-refractivity contribution in [1.29, 1.82) is 0 Å². The zero-order valence-corrected chi connectivity index (χ0v) is 11.4. The van der Waals surface area contributed by atoms with Crippen LogP contribution in [0, 0.1) is 5.92 Å². The van der Waals surface area contributed by atoms with E-state index < -0.39 is 0 Å². The van der Waals surface area contributed by atoms with Crippen LogP contribution in [0.15, 0.2) is 36.5 Å². The predicted molar refractivity (Wildman–Crippen MR) is 79.0 cm³/mol. The van der Waals surface area contributed by atoms with Crippen LogP contribution in [-0.2, 0) is 0 Å². The van der Waals surface area contributed by atoms with Gasteiger partial charge in [-0.1, -0.05) is 24.3 Å². The summed E-state index contributed by atoms with van der Waals surface area (Å²) >= 11 is 2.07. The van der Waals surface area contributed by atoms with Crippen LogP contribution in [0.1, 0.15) is 18.0 Å². The molecule has 1 N–H and O–H groups in total. The van der Waals surface area contributed by atoms with Crippen LogP contribution < -0.4 is 5.32 Å². The lowest BCUT2D eigenvalue weighted by Crippen LogP contribution is -2.25. The second kappa shape index (κ2) is 5.29. The van der Waals surface area contributed by atoms with Gasteiger partial charge in [-0.05, 0) is 42.5 Å². The minimum absolute atomic E-state index is 0.429. The fraction of sp³-hybridized carbons (Fsp3) is 0.400. The van der Waals surface area contributed by atoms with Gasteiger partial charge in [0.25, 0.3) is 0 Å². The molecule has 3 heteroatoms. The fourth-order valence-corrected chi connectivity index (χ4v) is 4.14. The summed E-state index contributed by atoms with van der Waals surface area (Å²) in [6.45, 7) is 0. The first kappa shape index (κ1) is 12.0. The van der Waals surface area contributed by atoms with Gasteiger partial charge in [-0.25, -0.2) is 0 Å². The predicted octanol–water partition coefficient (Wildman–Crippen LogP) is 3.25. The van der Waals surface area contributed by atoms with E-state index in [0.717, 1.165) is 11.4 Å². The summed E-state index contributed by atoms with van der Waals surface area (Å²) in [7, 11) is 2.06. The lowest BCUT2D eigenvalue weighted by atomic mass is 9.91. The summed E-state index contributed by atoms with van der Waals surface area (Å²) in [4.78, 5) is 4.57. The molecule has 0 spiro atoms. The molecule has 18 heavy (non-hydrogen) atoms. The molecule has 0 aliphatic carbocycles. The molecule has 1 aromatic carbocycles. The summed E-state index contributed by atoms with van der Waals surface area (Å²) < 4.78 is 0. The molecular weight excluding hydrogens is 240 g/mol. The molecule has 2 aromatic rings. The van der Waals surface area contributed by atoms with Gasteiger partial charge >= 0.3 is 0 Å². The Kier molecular flexibility index (Phi) is 3.52. The van der Waals surface area contributed by atoms with Gasteiger partial charge in [-0.3, -0.25) is 4.98 Å². The highest BCUT2D eigenvalue weighted by molar-refractivity contribution is 7.99. The van der Waals surface area contributed by atoms with E-state index in [4.69, 9.17) is 0 Å². The fourth-order valence-electron chi connectivity index (χ4n) is 2.84. The molecule has 1 aliphatic rings. The first-order chi connectivity index (χ1) is 8.90. The van der Waals surface area contributed by atoms with Crippen molar-refractivity contribution in [3.8, 4) is 0 Å². The summed E-state index contributed by atoms with van der Waals surface area (Å²) in [5, 5.41) is 4.74. The van der Waals surface area contributed by atoms with Gasteiger partial charge in [-0.2, -0.15) is 11.8 Å². The molecule has 2 nitrogen and oxygen atoms in total. The Morgan fingerprint density at radius 3 is 3.00 bits per heavy atom. The lowest BCUT2D eigenvalue weighted by Gasteiger charge is -2.23. The number of pyridine rings is 1. The Labute approximate surface area is 112 Å². The van der Waals surface area contributed by atoms with E-state index in [1.54, 1.807) is 0 Å². The van der Waals surface area contributed by atoms with Gasteiger partial charge in [0, 0.05) is 17.6 Å². The summed E-state index contributed by atoms with van der Waals surface area (Å²) in [6.07, 6.45) is 3.20. The number of fused-ring (bicyclic) bond motifs is 1. The zero-order chi connectivity index (χ0) is 12.4. The molecule has 94 valence electrons. The van der Waals surface area contributed by atoms with E-state index in [1.165, 1.54) is 28.9 Å². The van der Waals surface area contributed by atoms with Gasteiger partial charge in [0.2, 0.25) is 0 Å². The topological polar surface area (TPSA) is 24.9 Å². The summed E-state index contributed by atoms with van der Waals surface area (Å²) in [6, 6.07) is 11.1. The van der Waals surface area contributed by atoms with Crippen molar-refractivity contribution < 1.29 is 0 Å². The van der Waals surface area contributed by atoms with Crippen molar-refractivity contribution in [2.45, 2.75) is 12.5 Å². The molecule has 1 fully saturated rings. The molecule has 1 aromatic heterocycles. The standard InChI is InChI=1S/C15H18N2S/c1-16-14(12-7-9-18-10-12)13-6-2-4-11-5-3-8-17-15(11)13/h2-6,8,12,14,16H,7,9-10H2,1H3. The molecule has 0 saturated carbocycles. The van der Waals surface area contributed by atoms with E-state index >= 15 is 0 Å². The first-order valence-corrected chi connectivity index (χ1v) is 7.64. The van der Waals surface area contributed by atoms with Crippen LogP contribution in [0.2, 0.25) is 0 Å². The van der Waals surface area contributed by atoms with Crippen molar-refractivity contribution in [3.63, 3.8) is 0 Å².